The summed E-state index contributed by atoms with van der Waals surface area (Å²) in [4.78, 5) is 12.1. The normalized spacial score (nSPS) is 12.8. The molecule has 2 aromatic carbocycles. The maximum atomic E-state index is 12.5. The van der Waals surface area contributed by atoms with Crippen LogP contribution in [0.1, 0.15) is 42.7 Å². The van der Waals surface area contributed by atoms with E-state index in [1.165, 1.54) is 24.3 Å². The lowest BCUT2D eigenvalue weighted by atomic mass is 10.1. The average molecular weight is 360 g/mol. The van der Waals surface area contributed by atoms with Crippen molar-refractivity contribution in [3.05, 3.63) is 65.7 Å². The molecule has 1 amide bonds. The van der Waals surface area contributed by atoms with E-state index in [0.717, 1.165) is 5.56 Å². The fourth-order valence-corrected chi connectivity index (χ4v) is 3.53. The molecule has 0 aromatic heterocycles. The van der Waals surface area contributed by atoms with Gasteiger partial charge in [-0.25, -0.2) is 13.1 Å². The molecule has 6 heteroatoms. The first-order chi connectivity index (χ1) is 11.8. The van der Waals surface area contributed by atoms with Gasteiger partial charge in [0.1, 0.15) is 0 Å². The number of nitrogens with one attached hydrogen (secondary N) is 2. The number of hydrogen-bond acceptors (Lipinski definition) is 3. The van der Waals surface area contributed by atoms with Crippen LogP contribution in [-0.4, -0.2) is 20.9 Å². The predicted molar refractivity (Wildman–Crippen MR) is 98.8 cm³/mol. The number of sulfonamides is 1. The van der Waals surface area contributed by atoms with Gasteiger partial charge in [-0.15, -0.1) is 0 Å². The van der Waals surface area contributed by atoms with Gasteiger partial charge in [0, 0.05) is 18.2 Å². The first-order valence-corrected chi connectivity index (χ1v) is 9.73. The van der Waals surface area contributed by atoms with Crippen LogP contribution < -0.4 is 10.0 Å². The smallest absolute Gasteiger partial charge is 0.251 e. The Morgan fingerprint density at radius 2 is 1.56 bits per heavy atom. The van der Waals surface area contributed by atoms with E-state index in [9.17, 15) is 13.2 Å². The van der Waals surface area contributed by atoms with E-state index < -0.39 is 10.0 Å². The number of carbonyl (C=O) groups is 1. The first kappa shape index (κ1) is 19.1. The third-order valence-electron chi connectivity index (χ3n) is 3.73. The van der Waals surface area contributed by atoms with E-state index in [0.29, 0.717) is 18.0 Å². The fourth-order valence-electron chi connectivity index (χ4n) is 2.29. The van der Waals surface area contributed by atoms with Crippen LogP contribution in [-0.2, 0) is 10.0 Å². The van der Waals surface area contributed by atoms with Crippen molar-refractivity contribution in [1.82, 2.24) is 10.0 Å². The van der Waals surface area contributed by atoms with Crippen molar-refractivity contribution in [2.24, 2.45) is 5.92 Å². The summed E-state index contributed by atoms with van der Waals surface area (Å²) in [6, 6.07) is 15.0. The lowest BCUT2D eigenvalue weighted by Gasteiger charge is -2.15. The van der Waals surface area contributed by atoms with Crippen molar-refractivity contribution < 1.29 is 13.2 Å². The third kappa shape index (κ3) is 5.41. The van der Waals surface area contributed by atoms with E-state index in [-0.39, 0.29) is 16.8 Å². The Hall–Kier alpha value is -2.18. The summed E-state index contributed by atoms with van der Waals surface area (Å²) < 4.78 is 27.7. The van der Waals surface area contributed by atoms with Gasteiger partial charge in [-0.1, -0.05) is 44.2 Å². The van der Waals surface area contributed by atoms with E-state index in [4.69, 9.17) is 0 Å². The summed E-state index contributed by atoms with van der Waals surface area (Å²) in [5, 5.41) is 2.81. The van der Waals surface area contributed by atoms with E-state index >= 15 is 0 Å². The standard InChI is InChI=1S/C19H24N2O3S/c1-14(2)13-20-19(22)17-9-11-18(12-10-17)25(23,24)21-15(3)16-7-5-4-6-8-16/h4-12,14-15,21H,13H2,1-3H3,(H,20,22). The molecular formula is C19H24N2O3S. The molecule has 0 aliphatic heterocycles. The lowest BCUT2D eigenvalue weighted by Crippen LogP contribution is -2.28. The van der Waals surface area contributed by atoms with Crippen LogP contribution in [0.25, 0.3) is 0 Å². The van der Waals surface area contributed by atoms with Gasteiger partial charge in [-0.3, -0.25) is 4.79 Å². The van der Waals surface area contributed by atoms with Crippen LogP contribution in [0.2, 0.25) is 0 Å². The second kappa shape index (κ2) is 8.27. The number of hydrogen-bond donors (Lipinski definition) is 2. The highest BCUT2D eigenvalue weighted by Gasteiger charge is 2.18. The van der Waals surface area contributed by atoms with Gasteiger partial charge in [0.15, 0.2) is 0 Å². The number of amides is 1. The second-order valence-corrected chi connectivity index (χ2v) is 8.10. The zero-order valence-electron chi connectivity index (χ0n) is 14.7. The minimum Gasteiger partial charge on any atom is -0.352 e. The number of benzene rings is 2. The second-order valence-electron chi connectivity index (χ2n) is 6.38. The summed E-state index contributed by atoms with van der Waals surface area (Å²) in [6.45, 7) is 6.39. The average Bonchev–Trinajstić information content (AvgIpc) is 2.60. The van der Waals surface area contributed by atoms with Crippen LogP contribution in [0.5, 0.6) is 0 Å². The maximum Gasteiger partial charge on any atom is 0.251 e. The molecule has 2 rings (SSSR count). The molecule has 0 heterocycles. The molecule has 1 atom stereocenters. The van der Waals surface area contributed by atoms with Crippen LogP contribution in [0, 0.1) is 5.92 Å². The van der Waals surface area contributed by atoms with Crippen molar-refractivity contribution in [3.8, 4) is 0 Å². The molecule has 2 aromatic rings. The quantitative estimate of drug-likeness (QED) is 0.797. The molecule has 0 saturated carbocycles. The molecule has 2 N–H and O–H groups in total. The van der Waals surface area contributed by atoms with Crippen molar-refractivity contribution in [2.45, 2.75) is 31.7 Å². The Bertz CT molecular complexity index is 800. The molecule has 0 radical (unpaired) electrons. The van der Waals surface area contributed by atoms with Gasteiger partial charge in [-0.05, 0) is 42.7 Å². The highest BCUT2D eigenvalue weighted by Crippen LogP contribution is 2.17. The molecule has 0 aliphatic carbocycles. The number of carbonyl (C=O) groups excluding carboxylic acids is 1. The van der Waals surface area contributed by atoms with Gasteiger partial charge >= 0.3 is 0 Å². The van der Waals surface area contributed by atoms with Crippen molar-refractivity contribution in [2.75, 3.05) is 6.54 Å². The Labute approximate surface area is 149 Å². The Morgan fingerprint density at radius 1 is 0.960 bits per heavy atom. The molecule has 134 valence electrons. The summed E-state index contributed by atoms with van der Waals surface area (Å²) in [5.41, 5.74) is 1.33. The number of rotatable bonds is 7. The molecule has 0 spiro atoms. The van der Waals surface area contributed by atoms with Crippen molar-refractivity contribution >= 4 is 15.9 Å². The zero-order chi connectivity index (χ0) is 18.4. The van der Waals surface area contributed by atoms with Crippen molar-refractivity contribution in [3.63, 3.8) is 0 Å². The third-order valence-corrected chi connectivity index (χ3v) is 5.29. The summed E-state index contributed by atoms with van der Waals surface area (Å²) in [5.74, 6) is 0.149. The van der Waals surface area contributed by atoms with Gasteiger partial charge in [0.2, 0.25) is 10.0 Å². The molecule has 25 heavy (non-hydrogen) atoms. The Balaban J connectivity index is 2.08. The van der Waals surface area contributed by atoms with Crippen LogP contribution >= 0.6 is 0 Å². The monoisotopic (exact) mass is 360 g/mol. The minimum atomic E-state index is -3.66. The maximum absolute atomic E-state index is 12.5. The summed E-state index contributed by atoms with van der Waals surface area (Å²) >= 11 is 0. The topological polar surface area (TPSA) is 75.3 Å². The van der Waals surface area contributed by atoms with Crippen LogP contribution in [0.15, 0.2) is 59.5 Å². The SMILES string of the molecule is CC(C)CNC(=O)c1ccc(S(=O)(=O)NC(C)c2ccccc2)cc1. The van der Waals surface area contributed by atoms with Gasteiger partial charge in [0.05, 0.1) is 4.90 Å². The highest BCUT2D eigenvalue weighted by atomic mass is 32.2. The van der Waals surface area contributed by atoms with E-state index in [1.807, 2.05) is 44.2 Å². The molecule has 0 aliphatic rings. The zero-order valence-corrected chi connectivity index (χ0v) is 15.5. The van der Waals surface area contributed by atoms with E-state index in [1.54, 1.807) is 6.92 Å². The Kier molecular flexibility index (Phi) is 6.33. The molecule has 0 bridgehead atoms. The Morgan fingerprint density at radius 3 is 2.12 bits per heavy atom. The van der Waals surface area contributed by atoms with Crippen molar-refractivity contribution in [1.29, 1.82) is 0 Å². The fraction of sp³-hybridized carbons (Fsp3) is 0.316. The molecule has 0 saturated heterocycles. The first-order valence-electron chi connectivity index (χ1n) is 8.25. The van der Waals surface area contributed by atoms with Crippen LogP contribution in [0.4, 0.5) is 0 Å². The van der Waals surface area contributed by atoms with Gasteiger partial charge in [0.25, 0.3) is 5.91 Å². The summed E-state index contributed by atoms with van der Waals surface area (Å²) in [6.07, 6.45) is 0. The molecule has 5 nitrogen and oxygen atoms in total. The predicted octanol–water partition coefficient (Wildman–Crippen LogP) is 3.11. The van der Waals surface area contributed by atoms with Gasteiger partial charge in [-0.2, -0.15) is 0 Å². The van der Waals surface area contributed by atoms with E-state index in [2.05, 4.69) is 10.0 Å². The largest absolute Gasteiger partial charge is 0.352 e. The molecule has 1 unspecified atom stereocenters. The molecule has 0 fully saturated rings. The molecular weight excluding hydrogens is 336 g/mol. The minimum absolute atomic E-state index is 0.135. The lowest BCUT2D eigenvalue weighted by molar-refractivity contribution is 0.0949. The highest BCUT2D eigenvalue weighted by molar-refractivity contribution is 7.89. The van der Waals surface area contributed by atoms with Gasteiger partial charge < -0.3 is 5.32 Å². The summed E-state index contributed by atoms with van der Waals surface area (Å²) in [7, 11) is -3.66. The van der Waals surface area contributed by atoms with Crippen LogP contribution in [0.3, 0.4) is 0 Å².